The fourth-order valence-corrected chi connectivity index (χ4v) is 0.958. The number of carbonyl (C=O) groups is 2. The van der Waals surface area contributed by atoms with E-state index in [0.717, 1.165) is 12.2 Å². The van der Waals surface area contributed by atoms with Gasteiger partial charge in [-0.15, -0.1) is 0 Å². The number of hydrogen-bond donors (Lipinski definition) is 6. The van der Waals surface area contributed by atoms with Crippen LogP contribution in [0.4, 0.5) is 0 Å². The van der Waals surface area contributed by atoms with Crippen molar-refractivity contribution >= 4 is 23.1 Å². The molecule has 0 fully saturated rings. The molecule has 2 aromatic rings. The summed E-state index contributed by atoms with van der Waals surface area (Å²) in [6, 6.07) is 0. The van der Waals surface area contributed by atoms with E-state index in [4.69, 9.17) is 10.2 Å². The second-order valence-corrected chi connectivity index (χ2v) is 3.32. The Morgan fingerprint density at radius 3 is 1.55 bits per heavy atom. The SMILES string of the molecule is C=CC(=O)O.C=CC(=O)O.O=c1[nH]c(=O)c2[nH]c(=O)[nH]c2[nH]1. The van der Waals surface area contributed by atoms with Crippen LogP contribution in [0.1, 0.15) is 0 Å². The first kappa shape index (κ1) is 18.4. The van der Waals surface area contributed by atoms with Crippen LogP contribution in [0.2, 0.25) is 0 Å². The van der Waals surface area contributed by atoms with Crippen molar-refractivity contribution in [2.45, 2.75) is 0 Å². The molecule has 0 radical (unpaired) electrons. The minimum Gasteiger partial charge on any atom is -0.478 e. The second kappa shape index (κ2) is 8.52. The zero-order chi connectivity index (χ0) is 17.3. The highest BCUT2D eigenvalue weighted by atomic mass is 16.4. The normalized spacial score (nSPS) is 8.73. The van der Waals surface area contributed by atoms with E-state index in [1.54, 1.807) is 0 Å². The third-order valence-electron chi connectivity index (χ3n) is 1.77. The molecule has 0 bridgehead atoms. The number of fused-ring (bicyclic) bond motifs is 1. The number of nitrogens with one attached hydrogen (secondary N) is 4. The molecular weight excluding hydrogens is 300 g/mol. The first-order chi connectivity index (χ1) is 10.2. The number of carboxylic acids is 2. The molecule has 0 atom stereocenters. The molecule has 2 aromatic heterocycles. The molecule has 6 N–H and O–H groups in total. The number of hydrogen-bond acceptors (Lipinski definition) is 5. The van der Waals surface area contributed by atoms with Gasteiger partial charge in [0.1, 0.15) is 11.2 Å². The number of aromatic nitrogens is 4. The van der Waals surface area contributed by atoms with Gasteiger partial charge >= 0.3 is 23.3 Å². The Bertz CT molecular complexity index is 833. The van der Waals surface area contributed by atoms with Crippen LogP contribution in [0.3, 0.4) is 0 Å². The number of H-pyrrole nitrogens is 4. The molecule has 0 aliphatic rings. The fourth-order valence-electron chi connectivity index (χ4n) is 0.958. The summed E-state index contributed by atoms with van der Waals surface area (Å²) in [6.07, 6.45) is 1.67. The van der Waals surface area contributed by atoms with Gasteiger partial charge in [-0.25, -0.2) is 19.2 Å². The minimum atomic E-state index is -0.981. The first-order valence-corrected chi connectivity index (χ1v) is 5.36. The Morgan fingerprint density at radius 2 is 1.18 bits per heavy atom. The molecule has 0 spiro atoms. The van der Waals surface area contributed by atoms with E-state index in [2.05, 4.69) is 28.1 Å². The van der Waals surface area contributed by atoms with Crippen molar-refractivity contribution in [2.75, 3.05) is 0 Å². The van der Waals surface area contributed by atoms with Gasteiger partial charge in [0.25, 0.3) is 5.56 Å². The summed E-state index contributed by atoms with van der Waals surface area (Å²) in [7, 11) is 0. The molecule has 0 saturated heterocycles. The lowest BCUT2D eigenvalue weighted by molar-refractivity contribution is -0.132. The number of imidazole rings is 1. The molecule has 0 unspecified atom stereocenters. The van der Waals surface area contributed by atoms with Crippen LogP contribution in [0.25, 0.3) is 11.2 Å². The summed E-state index contributed by atoms with van der Waals surface area (Å²) in [5.74, 6) is -1.96. The third-order valence-corrected chi connectivity index (χ3v) is 1.77. The maximum absolute atomic E-state index is 10.9. The number of rotatable bonds is 2. The highest BCUT2D eigenvalue weighted by Crippen LogP contribution is 1.88. The zero-order valence-corrected chi connectivity index (χ0v) is 11.0. The molecule has 11 heteroatoms. The quantitative estimate of drug-likeness (QED) is 0.373. The first-order valence-electron chi connectivity index (χ1n) is 5.36. The average molecular weight is 312 g/mol. The largest absolute Gasteiger partial charge is 0.478 e. The molecule has 11 nitrogen and oxygen atoms in total. The molecule has 0 aliphatic heterocycles. The Kier molecular flexibility index (Phi) is 7.12. The molecular formula is C11H12N4O7. The monoisotopic (exact) mass is 312 g/mol. The summed E-state index contributed by atoms with van der Waals surface area (Å²) >= 11 is 0. The Morgan fingerprint density at radius 1 is 0.818 bits per heavy atom. The summed E-state index contributed by atoms with van der Waals surface area (Å²) in [5.41, 5.74) is -1.65. The van der Waals surface area contributed by atoms with Crippen molar-refractivity contribution in [1.82, 2.24) is 19.9 Å². The summed E-state index contributed by atoms with van der Waals surface area (Å²) in [6.45, 7) is 5.92. The van der Waals surface area contributed by atoms with Gasteiger partial charge in [-0.3, -0.25) is 24.7 Å². The van der Waals surface area contributed by atoms with Gasteiger partial charge < -0.3 is 10.2 Å². The Balaban J connectivity index is 0.000000372. The van der Waals surface area contributed by atoms with Crippen LogP contribution < -0.4 is 16.9 Å². The summed E-state index contributed by atoms with van der Waals surface area (Å²) in [5, 5.41) is 15.2. The second-order valence-electron chi connectivity index (χ2n) is 3.32. The lowest BCUT2D eigenvalue weighted by atomic mass is 10.5. The number of aromatic amines is 4. The number of aliphatic carboxylic acids is 2. The van der Waals surface area contributed by atoms with E-state index in [1.165, 1.54) is 0 Å². The van der Waals surface area contributed by atoms with Gasteiger partial charge in [0.2, 0.25) is 0 Å². The van der Waals surface area contributed by atoms with Gasteiger partial charge in [-0.1, -0.05) is 13.2 Å². The van der Waals surface area contributed by atoms with Crippen molar-refractivity contribution in [2.24, 2.45) is 0 Å². The maximum atomic E-state index is 10.9. The van der Waals surface area contributed by atoms with Gasteiger partial charge in [0.15, 0.2) is 0 Å². The molecule has 0 aliphatic carbocycles. The molecule has 0 amide bonds. The predicted octanol–water partition coefficient (Wildman–Crippen LogP) is -1.25. The lowest BCUT2D eigenvalue weighted by Gasteiger charge is -1.83. The van der Waals surface area contributed by atoms with Gasteiger partial charge in [-0.2, -0.15) is 0 Å². The molecule has 2 heterocycles. The summed E-state index contributed by atoms with van der Waals surface area (Å²) < 4.78 is 0. The van der Waals surface area contributed by atoms with Crippen molar-refractivity contribution in [1.29, 1.82) is 0 Å². The zero-order valence-electron chi connectivity index (χ0n) is 11.0. The van der Waals surface area contributed by atoms with Gasteiger partial charge in [-0.05, 0) is 0 Å². The maximum Gasteiger partial charge on any atom is 0.327 e. The molecule has 2 rings (SSSR count). The molecule has 22 heavy (non-hydrogen) atoms. The fraction of sp³-hybridized carbons (Fsp3) is 0. The minimum absolute atomic E-state index is 0.0413. The third kappa shape index (κ3) is 6.51. The highest BCUT2D eigenvalue weighted by molar-refractivity contribution is 5.79. The Labute approximate surface area is 120 Å². The molecule has 0 aromatic carbocycles. The van der Waals surface area contributed by atoms with E-state index in [9.17, 15) is 24.0 Å². The van der Waals surface area contributed by atoms with E-state index in [-0.39, 0.29) is 11.2 Å². The van der Waals surface area contributed by atoms with Crippen LogP contribution in [0.5, 0.6) is 0 Å². The average Bonchev–Trinajstić information content (AvgIpc) is 2.80. The smallest absolute Gasteiger partial charge is 0.327 e. The van der Waals surface area contributed by atoms with E-state index in [1.807, 2.05) is 4.98 Å². The number of carboxylic acid groups (broad SMARTS) is 2. The van der Waals surface area contributed by atoms with Crippen LogP contribution in [0, 0.1) is 0 Å². The van der Waals surface area contributed by atoms with E-state index in [0.29, 0.717) is 0 Å². The van der Waals surface area contributed by atoms with Crippen molar-refractivity contribution in [3.63, 3.8) is 0 Å². The standard InChI is InChI=1S/C5H4N4O3.2C3H4O2/c10-3-1-2(7-4(11)6-1)8-5(12)9-3;2*1-2-3(4)5/h(H4,6,7,8,9,10,11,12);2*2H,1H2,(H,4,5). The van der Waals surface area contributed by atoms with Crippen LogP contribution in [0.15, 0.2) is 39.7 Å². The van der Waals surface area contributed by atoms with E-state index >= 15 is 0 Å². The lowest BCUT2D eigenvalue weighted by Crippen LogP contribution is -2.21. The molecule has 0 saturated carbocycles. The van der Waals surface area contributed by atoms with Crippen molar-refractivity contribution < 1.29 is 19.8 Å². The molecule has 118 valence electrons. The highest BCUT2D eigenvalue weighted by Gasteiger charge is 2.02. The van der Waals surface area contributed by atoms with Gasteiger partial charge in [0.05, 0.1) is 0 Å². The van der Waals surface area contributed by atoms with E-state index < -0.39 is 28.9 Å². The van der Waals surface area contributed by atoms with Crippen LogP contribution in [-0.2, 0) is 9.59 Å². The van der Waals surface area contributed by atoms with Crippen molar-refractivity contribution in [3.05, 3.63) is 56.6 Å². The Hall–Kier alpha value is -3.63. The predicted molar refractivity (Wildman–Crippen MR) is 75.8 cm³/mol. The van der Waals surface area contributed by atoms with Gasteiger partial charge in [0, 0.05) is 12.2 Å². The van der Waals surface area contributed by atoms with Crippen molar-refractivity contribution in [3.8, 4) is 0 Å². The van der Waals surface area contributed by atoms with Crippen LogP contribution in [-0.4, -0.2) is 42.1 Å². The topological polar surface area (TPSA) is 189 Å². The summed E-state index contributed by atoms with van der Waals surface area (Å²) in [4.78, 5) is 59.5. The van der Waals surface area contributed by atoms with Crippen LogP contribution >= 0.6 is 0 Å².